The van der Waals surface area contributed by atoms with E-state index in [4.69, 9.17) is 5.11 Å². The van der Waals surface area contributed by atoms with Gasteiger partial charge in [0.15, 0.2) is 0 Å². The van der Waals surface area contributed by atoms with Crippen LogP contribution in [0.2, 0.25) is 0 Å². The second-order valence-corrected chi connectivity index (χ2v) is 4.74. The number of anilines is 2. The number of rotatable bonds is 3. The highest BCUT2D eigenvalue weighted by molar-refractivity contribution is 5.90. The van der Waals surface area contributed by atoms with E-state index >= 15 is 0 Å². The van der Waals surface area contributed by atoms with Crippen molar-refractivity contribution in [3.05, 3.63) is 59.8 Å². The van der Waals surface area contributed by atoms with Crippen molar-refractivity contribution >= 4 is 28.2 Å². The van der Waals surface area contributed by atoms with E-state index < -0.39 is 5.97 Å². The fourth-order valence-electron chi connectivity index (χ4n) is 2.18. The van der Waals surface area contributed by atoms with Crippen LogP contribution in [0.3, 0.4) is 0 Å². The van der Waals surface area contributed by atoms with E-state index in [9.17, 15) is 4.79 Å². The van der Waals surface area contributed by atoms with Gasteiger partial charge >= 0.3 is 5.97 Å². The minimum Gasteiger partial charge on any atom is -0.478 e. The number of carboxylic acid groups (broad SMARTS) is 1. The zero-order valence-corrected chi connectivity index (χ0v) is 11.0. The number of carboxylic acids is 1. The van der Waals surface area contributed by atoms with E-state index in [0.29, 0.717) is 0 Å². The maximum Gasteiger partial charge on any atom is 0.335 e. The summed E-state index contributed by atoms with van der Waals surface area (Å²) in [7, 11) is 0. The number of aromatic nitrogens is 1. The summed E-state index contributed by atoms with van der Waals surface area (Å²) in [5.74, 6) is -0.922. The Morgan fingerprint density at radius 3 is 2.80 bits per heavy atom. The summed E-state index contributed by atoms with van der Waals surface area (Å²) in [6.07, 6.45) is 1.89. The van der Waals surface area contributed by atoms with Gasteiger partial charge in [-0.15, -0.1) is 0 Å². The Kier molecular flexibility index (Phi) is 2.91. The molecule has 2 aromatic carbocycles. The summed E-state index contributed by atoms with van der Waals surface area (Å²) in [5, 5.41) is 13.4. The number of carbonyl (C=O) groups is 1. The van der Waals surface area contributed by atoms with Gasteiger partial charge in [0, 0.05) is 28.5 Å². The van der Waals surface area contributed by atoms with Crippen LogP contribution >= 0.6 is 0 Å². The third kappa shape index (κ3) is 2.23. The van der Waals surface area contributed by atoms with Crippen LogP contribution in [-0.2, 0) is 0 Å². The molecule has 0 saturated carbocycles. The van der Waals surface area contributed by atoms with Crippen molar-refractivity contribution < 1.29 is 9.90 Å². The van der Waals surface area contributed by atoms with Gasteiger partial charge in [0.1, 0.15) is 0 Å². The van der Waals surface area contributed by atoms with Gasteiger partial charge in [0.05, 0.1) is 5.56 Å². The smallest absolute Gasteiger partial charge is 0.335 e. The van der Waals surface area contributed by atoms with Crippen LogP contribution in [0.25, 0.3) is 10.9 Å². The third-order valence-corrected chi connectivity index (χ3v) is 3.32. The Balaban J connectivity index is 1.97. The Labute approximate surface area is 116 Å². The predicted molar refractivity (Wildman–Crippen MR) is 79.7 cm³/mol. The molecule has 0 amide bonds. The molecule has 4 heteroatoms. The lowest BCUT2D eigenvalue weighted by molar-refractivity contribution is 0.0697. The second-order valence-electron chi connectivity index (χ2n) is 4.74. The van der Waals surface area contributed by atoms with E-state index in [1.165, 1.54) is 0 Å². The summed E-state index contributed by atoms with van der Waals surface area (Å²) in [5.41, 5.74) is 4.10. The van der Waals surface area contributed by atoms with Crippen molar-refractivity contribution in [2.75, 3.05) is 5.32 Å². The van der Waals surface area contributed by atoms with Crippen molar-refractivity contribution in [2.45, 2.75) is 6.92 Å². The largest absolute Gasteiger partial charge is 0.478 e. The van der Waals surface area contributed by atoms with Crippen molar-refractivity contribution in [2.24, 2.45) is 0 Å². The number of hydrogen-bond donors (Lipinski definition) is 3. The fraction of sp³-hybridized carbons (Fsp3) is 0.0625. The topological polar surface area (TPSA) is 65.1 Å². The average Bonchev–Trinajstić information content (AvgIpc) is 2.88. The van der Waals surface area contributed by atoms with Gasteiger partial charge in [-0.2, -0.15) is 0 Å². The standard InChI is InChI=1S/C16H14N2O2/c1-10-2-3-12(16(19)20)9-15(10)18-13-4-5-14-11(8-13)6-7-17-14/h2-9,17-18H,1H3,(H,19,20). The Bertz CT molecular complexity index is 790. The van der Waals surface area contributed by atoms with Crippen molar-refractivity contribution in [1.82, 2.24) is 4.98 Å². The molecule has 0 spiro atoms. The number of benzene rings is 2. The van der Waals surface area contributed by atoms with Gasteiger partial charge < -0.3 is 15.4 Å². The number of aromatic amines is 1. The number of H-pyrrole nitrogens is 1. The molecule has 1 heterocycles. The predicted octanol–water partition coefficient (Wildman–Crippen LogP) is 3.92. The van der Waals surface area contributed by atoms with Gasteiger partial charge in [-0.25, -0.2) is 4.79 Å². The van der Waals surface area contributed by atoms with E-state index in [1.54, 1.807) is 18.2 Å². The molecule has 0 saturated heterocycles. The molecule has 3 rings (SSSR count). The molecule has 0 unspecified atom stereocenters. The highest BCUT2D eigenvalue weighted by atomic mass is 16.4. The first-order chi connectivity index (χ1) is 9.63. The van der Waals surface area contributed by atoms with Crippen LogP contribution in [0.15, 0.2) is 48.7 Å². The van der Waals surface area contributed by atoms with Gasteiger partial charge in [0.25, 0.3) is 0 Å². The maximum atomic E-state index is 11.0. The molecule has 3 N–H and O–H groups in total. The summed E-state index contributed by atoms with van der Waals surface area (Å²) >= 11 is 0. The molecular weight excluding hydrogens is 252 g/mol. The highest BCUT2D eigenvalue weighted by Gasteiger charge is 2.06. The lowest BCUT2D eigenvalue weighted by Crippen LogP contribution is -1.99. The summed E-state index contributed by atoms with van der Waals surface area (Å²) in [6.45, 7) is 1.95. The number of fused-ring (bicyclic) bond motifs is 1. The fourth-order valence-corrected chi connectivity index (χ4v) is 2.18. The van der Waals surface area contributed by atoms with Crippen molar-refractivity contribution in [3.8, 4) is 0 Å². The molecule has 0 bridgehead atoms. The molecule has 0 aliphatic rings. The molecular formula is C16H14N2O2. The lowest BCUT2D eigenvalue weighted by atomic mass is 10.1. The number of aromatic carboxylic acids is 1. The van der Waals surface area contributed by atoms with Gasteiger partial charge in [-0.05, 0) is 48.9 Å². The normalized spacial score (nSPS) is 10.7. The molecule has 0 aliphatic heterocycles. The maximum absolute atomic E-state index is 11.0. The summed E-state index contributed by atoms with van der Waals surface area (Å²) in [4.78, 5) is 14.2. The Morgan fingerprint density at radius 2 is 2.00 bits per heavy atom. The van der Waals surface area contributed by atoms with Gasteiger partial charge in [0.2, 0.25) is 0 Å². The summed E-state index contributed by atoms with van der Waals surface area (Å²) in [6, 6.07) is 13.1. The number of nitrogens with one attached hydrogen (secondary N) is 2. The van der Waals surface area contributed by atoms with Crippen LogP contribution in [0.5, 0.6) is 0 Å². The Hall–Kier alpha value is -2.75. The SMILES string of the molecule is Cc1ccc(C(=O)O)cc1Nc1ccc2[nH]ccc2c1. The molecule has 0 atom stereocenters. The average molecular weight is 266 g/mol. The van der Waals surface area contributed by atoms with Crippen molar-refractivity contribution in [1.29, 1.82) is 0 Å². The first-order valence-corrected chi connectivity index (χ1v) is 6.31. The highest BCUT2D eigenvalue weighted by Crippen LogP contribution is 2.24. The molecule has 20 heavy (non-hydrogen) atoms. The minimum atomic E-state index is -0.922. The first-order valence-electron chi connectivity index (χ1n) is 6.31. The number of aryl methyl sites for hydroxylation is 1. The van der Waals surface area contributed by atoms with E-state index in [1.807, 2.05) is 37.4 Å². The lowest BCUT2D eigenvalue weighted by Gasteiger charge is -2.10. The zero-order chi connectivity index (χ0) is 14.1. The molecule has 0 aliphatic carbocycles. The quantitative estimate of drug-likeness (QED) is 0.673. The Morgan fingerprint density at radius 1 is 1.15 bits per heavy atom. The van der Waals surface area contributed by atoms with Crippen molar-refractivity contribution in [3.63, 3.8) is 0 Å². The number of hydrogen-bond acceptors (Lipinski definition) is 2. The summed E-state index contributed by atoms with van der Waals surface area (Å²) < 4.78 is 0. The monoisotopic (exact) mass is 266 g/mol. The van der Waals surface area contributed by atoms with Crippen LogP contribution in [0.1, 0.15) is 15.9 Å². The second kappa shape index (κ2) is 4.74. The molecule has 100 valence electrons. The van der Waals surface area contributed by atoms with Crippen LogP contribution in [0.4, 0.5) is 11.4 Å². The van der Waals surface area contributed by atoms with Crippen LogP contribution < -0.4 is 5.32 Å². The molecule has 0 fully saturated rings. The first kappa shape index (κ1) is 12.3. The van der Waals surface area contributed by atoms with E-state index in [-0.39, 0.29) is 5.56 Å². The minimum absolute atomic E-state index is 0.279. The van der Waals surface area contributed by atoms with Gasteiger partial charge in [-0.1, -0.05) is 6.07 Å². The van der Waals surface area contributed by atoms with Crippen LogP contribution in [-0.4, -0.2) is 16.1 Å². The zero-order valence-electron chi connectivity index (χ0n) is 11.0. The van der Waals surface area contributed by atoms with Gasteiger partial charge in [-0.3, -0.25) is 0 Å². The molecule has 0 radical (unpaired) electrons. The van der Waals surface area contributed by atoms with E-state index in [0.717, 1.165) is 27.8 Å². The molecule has 1 aromatic heterocycles. The van der Waals surface area contributed by atoms with Crippen LogP contribution in [0, 0.1) is 6.92 Å². The molecule has 4 nitrogen and oxygen atoms in total. The molecule has 3 aromatic rings. The third-order valence-electron chi connectivity index (χ3n) is 3.32. The van der Waals surface area contributed by atoms with E-state index in [2.05, 4.69) is 10.3 Å².